The number of imidazole rings is 1. The number of aliphatic hydroxyl groups excluding tert-OH is 1. The molecule has 0 aliphatic carbocycles. The fraction of sp³-hybridized carbons (Fsp3) is 0.500. The van der Waals surface area contributed by atoms with Crippen LogP contribution in [0.3, 0.4) is 0 Å². The number of anilines is 1. The molecule has 0 saturated heterocycles. The maximum Gasteiger partial charge on any atom is 0.350 e. The minimum Gasteiger partial charge on any atom is -0.396 e. The van der Waals surface area contributed by atoms with Gasteiger partial charge in [0.1, 0.15) is 6.35 Å². The smallest absolute Gasteiger partial charge is 0.350 e. The van der Waals surface area contributed by atoms with Gasteiger partial charge in [0.2, 0.25) is 5.95 Å². The molecule has 0 saturated carbocycles. The molecule has 0 spiro atoms. The second kappa shape index (κ2) is 6.55. The molecule has 1 atom stereocenters. The molecule has 12 heteroatoms. The number of ether oxygens (including phenoxy) is 1. The van der Waals surface area contributed by atoms with Gasteiger partial charge < -0.3 is 29.9 Å². The first-order valence-electron chi connectivity index (χ1n) is 6.28. The van der Waals surface area contributed by atoms with E-state index in [0.717, 1.165) is 0 Å². The lowest BCUT2D eigenvalue weighted by Gasteiger charge is -2.18. The number of aromatic nitrogens is 4. The molecule has 22 heavy (non-hydrogen) atoms. The van der Waals surface area contributed by atoms with Crippen LogP contribution in [-0.4, -0.2) is 53.5 Å². The molecule has 0 radical (unpaired) electrons. The van der Waals surface area contributed by atoms with E-state index >= 15 is 0 Å². The number of nitrogens with zero attached hydrogens (tertiary/aromatic N) is 3. The van der Waals surface area contributed by atoms with Crippen molar-refractivity contribution < 1.29 is 24.2 Å². The summed E-state index contributed by atoms with van der Waals surface area (Å²) in [6.45, 7) is -0.123. The predicted molar refractivity (Wildman–Crippen MR) is 76.0 cm³/mol. The van der Waals surface area contributed by atoms with Crippen molar-refractivity contribution in [1.29, 1.82) is 0 Å². The van der Waals surface area contributed by atoms with Crippen LogP contribution in [0.5, 0.6) is 0 Å². The lowest BCUT2D eigenvalue weighted by molar-refractivity contribution is 0.0439. The van der Waals surface area contributed by atoms with Crippen LogP contribution in [0.15, 0.2) is 11.1 Å². The normalized spacial score (nSPS) is 13.6. The number of hydrogen-bond donors (Lipinski definition) is 5. The van der Waals surface area contributed by atoms with E-state index in [0.29, 0.717) is 0 Å². The molecule has 0 aliphatic rings. The average Bonchev–Trinajstić information content (AvgIpc) is 2.79. The van der Waals surface area contributed by atoms with E-state index in [1.807, 2.05) is 0 Å². The first-order chi connectivity index (χ1) is 10.3. The van der Waals surface area contributed by atoms with Gasteiger partial charge in [-0.2, -0.15) is 4.98 Å². The third-order valence-corrected chi connectivity index (χ3v) is 3.31. The van der Waals surface area contributed by atoms with E-state index in [4.69, 9.17) is 25.4 Å². The Hall–Kier alpha value is -1.78. The summed E-state index contributed by atoms with van der Waals surface area (Å²) in [6.07, 6.45) is 0.0495. The summed E-state index contributed by atoms with van der Waals surface area (Å²) < 4.78 is 17.4. The van der Waals surface area contributed by atoms with Crippen LogP contribution in [0, 0.1) is 0 Å². The minimum absolute atomic E-state index is 0.0749. The number of hydrogen-bond acceptors (Lipinski definition) is 7. The average molecular weight is 333 g/mol. The van der Waals surface area contributed by atoms with Crippen LogP contribution in [0.4, 0.5) is 5.95 Å². The lowest BCUT2D eigenvalue weighted by atomic mass is 10.2. The molecule has 2 heterocycles. The third kappa shape index (κ3) is 4.12. The Morgan fingerprint density at radius 2 is 2.23 bits per heavy atom. The van der Waals surface area contributed by atoms with Crippen molar-refractivity contribution in [2.75, 3.05) is 18.7 Å². The number of nitrogen functional groups attached to an aromatic ring is 1. The van der Waals surface area contributed by atoms with Gasteiger partial charge in [0.05, 0.1) is 19.0 Å². The second-order valence-electron chi connectivity index (χ2n) is 4.62. The Morgan fingerprint density at radius 1 is 1.50 bits per heavy atom. The van der Waals surface area contributed by atoms with Gasteiger partial charge in [-0.1, -0.05) is 0 Å². The standard InChI is InChI=1S/C10H16N5O6P/c11-10-13-8-7(9(17)14-10)12-4-15(8)3-6(1-2-16)21-5-22(18,19)20/h4,6,16H,1-3,5H2,(H2,18,19,20)(H3,11,13,14,17)/t6-/m0/s1. The van der Waals surface area contributed by atoms with Gasteiger partial charge in [-0.25, -0.2) is 4.98 Å². The molecule has 2 rings (SSSR count). The maximum atomic E-state index is 11.7. The second-order valence-corrected chi connectivity index (χ2v) is 6.20. The first kappa shape index (κ1) is 16.6. The Bertz CT molecular complexity index is 752. The zero-order chi connectivity index (χ0) is 16.3. The quantitative estimate of drug-likeness (QED) is 0.381. The molecule has 0 aliphatic heterocycles. The SMILES string of the molecule is Nc1nc2c(ncn2C[C@H](CCO)OCP(=O)(O)O)c(=O)[nH]1. The molecule has 2 aromatic heterocycles. The number of rotatable bonds is 7. The number of H-pyrrole nitrogens is 1. The van der Waals surface area contributed by atoms with Gasteiger partial charge in [-0.15, -0.1) is 0 Å². The van der Waals surface area contributed by atoms with E-state index in [2.05, 4.69) is 15.0 Å². The van der Waals surface area contributed by atoms with Crippen molar-refractivity contribution >= 4 is 24.7 Å². The summed E-state index contributed by atoms with van der Waals surface area (Å²) >= 11 is 0. The molecule has 0 unspecified atom stereocenters. The van der Waals surface area contributed by atoms with Gasteiger partial charge in [0.25, 0.3) is 5.56 Å². The van der Waals surface area contributed by atoms with Gasteiger partial charge in [-0.05, 0) is 6.42 Å². The third-order valence-electron chi connectivity index (χ3n) is 2.82. The van der Waals surface area contributed by atoms with Crippen molar-refractivity contribution in [3.8, 4) is 0 Å². The Balaban J connectivity index is 2.23. The van der Waals surface area contributed by atoms with E-state index in [1.165, 1.54) is 10.9 Å². The summed E-state index contributed by atoms with van der Waals surface area (Å²) in [5.41, 5.74) is 5.30. The Kier molecular flexibility index (Phi) is 4.94. The van der Waals surface area contributed by atoms with Crippen molar-refractivity contribution in [1.82, 2.24) is 19.5 Å². The summed E-state index contributed by atoms with van der Waals surface area (Å²) in [4.78, 5) is 39.5. The van der Waals surface area contributed by atoms with E-state index in [9.17, 15) is 9.36 Å². The molecular formula is C10H16N5O6P. The van der Waals surface area contributed by atoms with Crippen LogP contribution >= 0.6 is 7.60 Å². The number of nitrogens with two attached hydrogens (primary N) is 1. The van der Waals surface area contributed by atoms with E-state index < -0.39 is 25.6 Å². The predicted octanol–water partition coefficient (Wildman–Crippen LogP) is -1.40. The van der Waals surface area contributed by atoms with E-state index in [-0.39, 0.29) is 36.7 Å². The highest BCUT2D eigenvalue weighted by Crippen LogP contribution is 2.34. The minimum atomic E-state index is -4.32. The van der Waals surface area contributed by atoms with Gasteiger partial charge in [0, 0.05) is 6.61 Å². The molecule has 122 valence electrons. The first-order valence-corrected chi connectivity index (χ1v) is 8.07. The molecule has 11 nitrogen and oxygen atoms in total. The largest absolute Gasteiger partial charge is 0.396 e. The topological polar surface area (TPSA) is 177 Å². The molecule has 2 aromatic rings. The number of aliphatic hydroxyl groups is 1. The van der Waals surface area contributed by atoms with Crippen molar-refractivity contribution in [3.63, 3.8) is 0 Å². The summed E-state index contributed by atoms with van der Waals surface area (Å²) in [7, 11) is -4.32. The van der Waals surface area contributed by atoms with Crippen LogP contribution in [0.25, 0.3) is 11.2 Å². The van der Waals surface area contributed by atoms with Crippen molar-refractivity contribution in [2.45, 2.75) is 19.1 Å². The number of fused-ring (bicyclic) bond motifs is 1. The van der Waals surface area contributed by atoms with Crippen LogP contribution < -0.4 is 11.3 Å². The van der Waals surface area contributed by atoms with Gasteiger partial charge in [0.15, 0.2) is 11.2 Å². The van der Waals surface area contributed by atoms with Crippen LogP contribution in [-0.2, 0) is 15.8 Å². The molecule has 0 fully saturated rings. The fourth-order valence-corrected chi connectivity index (χ4v) is 2.30. The van der Waals surface area contributed by atoms with Gasteiger partial charge in [-0.3, -0.25) is 14.3 Å². The lowest BCUT2D eigenvalue weighted by Crippen LogP contribution is -2.22. The number of aromatic amines is 1. The monoisotopic (exact) mass is 333 g/mol. The van der Waals surface area contributed by atoms with Gasteiger partial charge >= 0.3 is 7.60 Å². The summed E-state index contributed by atoms with van der Waals surface area (Å²) in [5.74, 6) is -0.0749. The maximum absolute atomic E-state index is 11.7. The fourth-order valence-electron chi connectivity index (χ4n) is 1.90. The zero-order valence-corrected chi connectivity index (χ0v) is 12.3. The van der Waals surface area contributed by atoms with E-state index in [1.54, 1.807) is 0 Å². The molecule has 0 amide bonds. The van der Waals surface area contributed by atoms with Crippen molar-refractivity contribution in [2.24, 2.45) is 0 Å². The highest BCUT2D eigenvalue weighted by molar-refractivity contribution is 7.51. The van der Waals surface area contributed by atoms with Crippen LogP contribution in [0.1, 0.15) is 6.42 Å². The highest BCUT2D eigenvalue weighted by Gasteiger charge is 2.19. The molecule has 0 aromatic carbocycles. The van der Waals surface area contributed by atoms with Crippen LogP contribution in [0.2, 0.25) is 0 Å². The van der Waals surface area contributed by atoms with Crippen molar-refractivity contribution in [3.05, 3.63) is 16.7 Å². The number of nitrogens with one attached hydrogen (secondary N) is 1. The Labute approximate surface area is 123 Å². The highest BCUT2D eigenvalue weighted by atomic mass is 31.2. The summed E-state index contributed by atoms with van der Waals surface area (Å²) in [6, 6.07) is 0. The molecule has 0 bridgehead atoms. The zero-order valence-electron chi connectivity index (χ0n) is 11.4. The Morgan fingerprint density at radius 3 is 2.86 bits per heavy atom. The molecular weight excluding hydrogens is 317 g/mol. The molecule has 6 N–H and O–H groups in total. The summed E-state index contributed by atoms with van der Waals surface area (Å²) in [5, 5.41) is 9.01.